The molecule has 0 spiro atoms. The van der Waals surface area contributed by atoms with Crippen LogP contribution in [0.4, 0.5) is 6.01 Å². The molecule has 2 aromatic carbocycles. The van der Waals surface area contributed by atoms with Crippen molar-refractivity contribution >= 4 is 23.0 Å². The van der Waals surface area contributed by atoms with Crippen molar-refractivity contribution < 1.29 is 13.9 Å². The molecule has 0 saturated heterocycles. The molecule has 1 heterocycles. The first-order valence-electron chi connectivity index (χ1n) is 6.07. The molecule has 0 atom stereocenters. The molecule has 0 aliphatic carbocycles. The molecule has 3 aromatic rings. The molecule has 100 valence electrons. The molecular formula is C15H12N2O3. The Hall–Kier alpha value is -2.82. The summed E-state index contributed by atoms with van der Waals surface area (Å²) in [5.41, 5.74) is 1.77. The molecule has 0 bridgehead atoms. The third-order valence-corrected chi connectivity index (χ3v) is 2.85. The van der Waals surface area contributed by atoms with Gasteiger partial charge in [0.1, 0.15) is 11.3 Å². The van der Waals surface area contributed by atoms with Gasteiger partial charge in [0.05, 0.1) is 7.11 Å². The molecule has 20 heavy (non-hydrogen) atoms. The quantitative estimate of drug-likeness (QED) is 0.792. The van der Waals surface area contributed by atoms with E-state index in [0.717, 1.165) is 0 Å². The Balaban J connectivity index is 1.86. The van der Waals surface area contributed by atoms with Gasteiger partial charge in [-0.25, -0.2) is 0 Å². The normalized spacial score (nSPS) is 10.4. The fourth-order valence-corrected chi connectivity index (χ4v) is 1.85. The Kier molecular flexibility index (Phi) is 3.09. The lowest BCUT2D eigenvalue weighted by Gasteiger charge is -1.99. The number of anilines is 1. The number of amides is 1. The van der Waals surface area contributed by atoms with E-state index in [0.29, 0.717) is 22.4 Å². The molecule has 1 aromatic heterocycles. The number of carbonyl (C=O) groups is 1. The van der Waals surface area contributed by atoms with E-state index in [1.54, 1.807) is 49.6 Å². The minimum Gasteiger partial charge on any atom is -0.497 e. The fourth-order valence-electron chi connectivity index (χ4n) is 1.85. The second-order valence-corrected chi connectivity index (χ2v) is 4.17. The van der Waals surface area contributed by atoms with Crippen molar-refractivity contribution in [2.24, 2.45) is 0 Å². The van der Waals surface area contributed by atoms with Crippen LogP contribution < -0.4 is 10.1 Å². The Labute approximate surface area is 115 Å². The minimum absolute atomic E-state index is 0.169. The van der Waals surface area contributed by atoms with Gasteiger partial charge in [-0.1, -0.05) is 18.2 Å². The van der Waals surface area contributed by atoms with Gasteiger partial charge in [-0.05, 0) is 24.3 Å². The first-order chi connectivity index (χ1) is 9.76. The highest BCUT2D eigenvalue weighted by Crippen LogP contribution is 2.23. The molecule has 5 nitrogen and oxygen atoms in total. The van der Waals surface area contributed by atoms with Crippen LogP contribution in [0.3, 0.4) is 0 Å². The van der Waals surface area contributed by atoms with Crippen molar-refractivity contribution in [2.45, 2.75) is 0 Å². The number of carbonyl (C=O) groups excluding carboxylic acids is 1. The van der Waals surface area contributed by atoms with Crippen LogP contribution in [0.25, 0.3) is 11.1 Å². The third kappa shape index (κ3) is 2.33. The van der Waals surface area contributed by atoms with Gasteiger partial charge in [-0.3, -0.25) is 10.1 Å². The highest BCUT2D eigenvalue weighted by molar-refractivity contribution is 6.03. The number of rotatable bonds is 3. The first-order valence-corrected chi connectivity index (χ1v) is 6.07. The second kappa shape index (κ2) is 5.05. The number of benzene rings is 2. The van der Waals surface area contributed by atoms with E-state index < -0.39 is 0 Å². The Morgan fingerprint density at radius 1 is 1.20 bits per heavy atom. The molecule has 0 unspecified atom stereocenters. The minimum atomic E-state index is -0.260. The van der Waals surface area contributed by atoms with Crippen molar-refractivity contribution in [3.8, 4) is 5.75 Å². The number of methoxy groups -OCH3 is 1. The zero-order chi connectivity index (χ0) is 13.9. The van der Waals surface area contributed by atoms with E-state index in [1.165, 1.54) is 0 Å². The van der Waals surface area contributed by atoms with Crippen LogP contribution in [-0.4, -0.2) is 18.0 Å². The van der Waals surface area contributed by atoms with E-state index in [1.807, 2.05) is 6.07 Å². The van der Waals surface area contributed by atoms with Gasteiger partial charge in [0, 0.05) is 11.6 Å². The lowest BCUT2D eigenvalue weighted by atomic mass is 10.2. The average molecular weight is 268 g/mol. The molecule has 0 saturated carbocycles. The summed E-state index contributed by atoms with van der Waals surface area (Å²) in [5, 5.41) is 2.63. The highest BCUT2D eigenvalue weighted by atomic mass is 16.5. The van der Waals surface area contributed by atoms with Crippen LogP contribution in [-0.2, 0) is 0 Å². The lowest BCUT2D eigenvalue weighted by molar-refractivity contribution is 0.102. The standard InChI is InChI=1S/C15H12N2O3/c1-19-11-7-8-13-12(9-11)16-15(20-13)17-14(18)10-5-3-2-4-6-10/h2-9H,1H3,(H,16,17,18). The van der Waals surface area contributed by atoms with Gasteiger partial charge in [0.2, 0.25) is 0 Å². The van der Waals surface area contributed by atoms with Crippen molar-refractivity contribution in [2.75, 3.05) is 12.4 Å². The molecule has 5 heteroatoms. The van der Waals surface area contributed by atoms with E-state index in [9.17, 15) is 4.79 Å². The summed E-state index contributed by atoms with van der Waals surface area (Å²) in [6.45, 7) is 0. The maximum absolute atomic E-state index is 12.0. The van der Waals surface area contributed by atoms with Gasteiger partial charge in [0.25, 0.3) is 5.91 Å². The van der Waals surface area contributed by atoms with Crippen LogP contribution in [0.2, 0.25) is 0 Å². The first kappa shape index (κ1) is 12.2. The predicted molar refractivity (Wildman–Crippen MR) is 75.0 cm³/mol. The topological polar surface area (TPSA) is 64.4 Å². The van der Waals surface area contributed by atoms with Crippen LogP contribution in [0.1, 0.15) is 10.4 Å². The van der Waals surface area contributed by atoms with Crippen LogP contribution >= 0.6 is 0 Å². The number of nitrogens with zero attached hydrogens (tertiary/aromatic N) is 1. The molecule has 0 fully saturated rings. The number of nitrogens with one attached hydrogen (secondary N) is 1. The zero-order valence-electron chi connectivity index (χ0n) is 10.8. The van der Waals surface area contributed by atoms with Crippen molar-refractivity contribution in [3.63, 3.8) is 0 Å². The van der Waals surface area contributed by atoms with Gasteiger partial charge in [-0.15, -0.1) is 0 Å². The Bertz CT molecular complexity index is 750. The van der Waals surface area contributed by atoms with Gasteiger partial charge in [0.15, 0.2) is 5.58 Å². The smallest absolute Gasteiger partial charge is 0.302 e. The molecule has 3 rings (SSSR count). The molecule has 1 amide bonds. The monoisotopic (exact) mass is 268 g/mol. The Morgan fingerprint density at radius 2 is 2.00 bits per heavy atom. The number of aromatic nitrogens is 1. The molecule has 0 aliphatic rings. The maximum Gasteiger partial charge on any atom is 0.302 e. The summed E-state index contributed by atoms with van der Waals surface area (Å²) in [7, 11) is 1.58. The third-order valence-electron chi connectivity index (χ3n) is 2.85. The molecule has 0 radical (unpaired) electrons. The summed E-state index contributed by atoms with van der Waals surface area (Å²) in [6, 6.07) is 14.3. The van der Waals surface area contributed by atoms with Crippen LogP contribution in [0.15, 0.2) is 52.9 Å². The number of fused-ring (bicyclic) bond motifs is 1. The van der Waals surface area contributed by atoms with Gasteiger partial charge >= 0.3 is 6.01 Å². The number of hydrogen-bond acceptors (Lipinski definition) is 4. The van der Waals surface area contributed by atoms with E-state index >= 15 is 0 Å². The lowest BCUT2D eigenvalue weighted by Crippen LogP contribution is -2.11. The average Bonchev–Trinajstić information content (AvgIpc) is 2.89. The van der Waals surface area contributed by atoms with Crippen LogP contribution in [0, 0.1) is 0 Å². The van der Waals surface area contributed by atoms with Crippen molar-refractivity contribution in [1.29, 1.82) is 0 Å². The predicted octanol–water partition coefficient (Wildman–Crippen LogP) is 3.09. The fraction of sp³-hybridized carbons (Fsp3) is 0.0667. The zero-order valence-corrected chi connectivity index (χ0v) is 10.8. The van der Waals surface area contributed by atoms with E-state index in [2.05, 4.69) is 10.3 Å². The summed E-state index contributed by atoms with van der Waals surface area (Å²) < 4.78 is 10.6. The number of hydrogen-bond donors (Lipinski definition) is 1. The van der Waals surface area contributed by atoms with Crippen molar-refractivity contribution in [1.82, 2.24) is 4.98 Å². The highest BCUT2D eigenvalue weighted by Gasteiger charge is 2.11. The Morgan fingerprint density at radius 3 is 2.75 bits per heavy atom. The summed E-state index contributed by atoms with van der Waals surface area (Å²) in [6.07, 6.45) is 0. The molecular weight excluding hydrogens is 256 g/mol. The molecule has 0 aliphatic heterocycles. The number of oxazole rings is 1. The summed E-state index contributed by atoms with van der Waals surface area (Å²) in [5.74, 6) is 0.427. The largest absolute Gasteiger partial charge is 0.497 e. The van der Waals surface area contributed by atoms with E-state index in [-0.39, 0.29) is 11.9 Å². The SMILES string of the molecule is COc1ccc2oc(NC(=O)c3ccccc3)nc2c1. The van der Waals surface area contributed by atoms with Gasteiger partial charge < -0.3 is 9.15 Å². The van der Waals surface area contributed by atoms with E-state index in [4.69, 9.17) is 9.15 Å². The second-order valence-electron chi connectivity index (χ2n) is 4.17. The van der Waals surface area contributed by atoms with Crippen LogP contribution in [0.5, 0.6) is 5.75 Å². The number of ether oxygens (including phenoxy) is 1. The van der Waals surface area contributed by atoms with Gasteiger partial charge in [-0.2, -0.15) is 4.98 Å². The summed E-state index contributed by atoms with van der Waals surface area (Å²) >= 11 is 0. The summed E-state index contributed by atoms with van der Waals surface area (Å²) in [4.78, 5) is 16.2. The van der Waals surface area contributed by atoms with Crippen molar-refractivity contribution in [3.05, 3.63) is 54.1 Å². The maximum atomic E-state index is 12.0. The molecule has 1 N–H and O–H groups in total.